The van der Waals surface area contributed by atoms with Gasteiger partial charge in [-0.25, -0.2) is 18.4 Å². The number of aromatic nitrogens is 3. The van der Waals surface area contributed by atoms with Gasteiger partial charge in [0.1, 0.15) is 18.0 Å². The van der Waals surface area contributed by atoms with Crippen LogP contribution < -0.4 is 10.1 Å². The Balaban J connectivity index is 1.69. The van der Waals surface area contributed by atoms with Crippen LogP contribution in [0.1, 0.15) is 17.7 Å². The number of nitrogens with zero attached hydrogens (tertiary/aromatic N) is 3. The number of anilines is 1. The van der Waals surface area contributed by atoms with Crippen LogP contribution in [0.4, 0.5) is 23.2 Å². The standard InChI is InChI=1S/C21H16F4N4O3/c1-11-18-12(19(22)23)9-14(15-7-4-8-31-15)27-20(18)29(28-11)10-17(30)26-13-5-2-3-6-16(13)32-21(24)25/h2-9,19,21H,10H2,1H3,(H,26,30). The van der Waals surface area contributed by atoms with Crippen molar-refractivity contribution < 1.29 is 31.5 Å². The second-order valence-corrected chi connectivity index (χ2v) is 6.74. The fourth-order valence-corrected chi connectivity index (χ4v) is 3.31. The maximum atomic E-state index is 13.8. The van der Waals surface area contributed by atoms with Crippen LogP contribution in [-0.2, 0) is 11.3 Å². The number of halogens is 4. The summed E-state index contributed by atoms with van der Waals surface area (Å²) in [5, 5.41) is 6.78. The molecule has 0 radical (unpaired) electrons. The number of carbonyl (C=O) groups is 1. The molecule has 1 amide bonds. The normalized spacial score (nSPS) is 11.5. The van der Waals surface area contributed by atoms with E-state index in [1.165, 1.54) is 48.2 Å². The molecule has 0 saturated heterocycles. The quantitative estimate of drug-likeness (QED) is 0.394. The third kappa shape index (κ3) is 4.27. The Bertz CT molecular complexity index is 1260. The SMILES string of the molecule is Cc1nn(CC(=O)Nc2ccccc2OC(F)F)c2nc(-c3ccco3)cc(C(F)F)c12. The zero-order chi connectivity index (χ0) is 22.8. The number of hydrogen-bond acceptors (Lipinski definition) is 5. The average molecular weight is 448 g/mol. The summed E-state index contributed by atoms with van der Waals surface area (Å²) in [7, 11) is 0. The summed E-state index contributed by atoms with van der Waals surface area (Å²) >= 11 is 0. The lowest BCUT2D eigenvalue weighted by atomic mass is 10.1. The van der Waals surface area contributed by atoms with Crippen LogP contribution in [0.25, 0.3) is 22.5 Å². The first-order chi connectivity index (χ1) is 15.3. The number of ether oxygens (including phenoxy) is 1. The lowest BCUT2D eigenvalue weighted by Gasteiger charge is -2.12. The van der Waals surface area contributed by atoms with Crippen molar-refractivity contribution in [2.24, 2.45) is 0 Å². The Hall–Kier alpha value is -3.89. The number of furan rings is 1. The molecule has 0 aliphatic rings. The second-order valence-electron chi connectivity index (χ2n) is 6.74. The number of rotatable bonds is 7. The molecule has 4 rings (SSSR count). The average Bonchev–Trinajstić information content (AvgIpc) is 3.37. The summed E-state index contributed by atoms with van der Waals surface area (Å²) in [5.41, 5.74) is 0.238. The number of pyridine rings is 1. The van der Waals surface area contributed by atoms with Crippen LogP contribution in [0.3, 0.4) is 0 Å². The molecule has 166 valence electrons. The molecule has 0 aliphatic heterocycles. The smallest absolute Gasteiger partial charge is 0.387 e. The third-order valence-electron chi connectivity index (χ3n) is 4.59. The maximum Gasteiger partial charge on any atom is 0.387 e. The Morgan fingerprint density at radius 3 is 2.66 bits per heavy atom. The number of benzene rings is 1. The summed E-state index contributed by atoms with van der Waals surface area (Å²) in [4.78, 5) is 17.0. The molecular formula is C21H16F4N4O3. The topological polar surface area (TPSA) is 82.2 Å². The van der Waals surface area contributed by atoms with Crippen LogP contribution in [0, 0.1) is 6.92 Å². The molecule has 1 aromatic carbocycles. The number of nitrogens with one attached hydrogen (secondary N) is 1. The van der Waals surface area contributed by atoms with Gasteiger partial charge in [0.2, 0.25) is 5.91 Å². The van der Waals surface area contributed by atoms with Crippen LogP contribution in [0.15, 0.2) is 53.1 Å². The van der Waals surface area contributed by atoms with E-state index in [0.29, 0.717) is 0 Å². The largest absolute Gasteiger partial charge is 0.463 e. The van der Waals surface area contributed by atoms with E-state index in [-0.39, 0.29) is 45.2 Å². The molecule has 1 N–H and O–H groups in total. The molecule has 3 heterocycles. The molecule has 0 unspecified atom stereocenters. The molecule has 4 aromatic rings. The van der Waals surface area contributed by atoms with Crippen molar-refractivity contribution in [2.75, 3.05) is 5.32 Å². The molecular weight excluding hydrogens is 432 g/mol. The fraction of sp³-hybridized carbons (Fsp3) is 0.190. The second kappa shape index (κ2) is 8.69. The number of carbonyl (C=O) groups excluding carboxylic acids is 1. The fourth-order valence-electron chi connectivity index (χ4n) is 3.31. The van der Waals surface area contributed by atoms with E-state index in [0.717, 1.165) is 0 Å². The first-order valence-electron chi connectivity index (χ1n) is 9.37. The molecule has 32 heavy (non-hydrogen) atoms. The number of alkyl halides is 4. The number of hydrogen-bond donors (Lipinski definition) is 1. The molecule has 0 saturated carbocycles. The maximum absolute atomic E-state index is 13.8. The van der Waals surface area contributed by atoms with E-state index in [1.807, 2.05) is 0 Å². The highest BCUT2D eigenvalue weighted by Crippen LogP contribution is 2.33. The molecule has 0 spiro atoms. The van der Waals surface area contributed by atoms with Gasteiger partial charge in [-0.3, -0.25) is 4.79 Å². The molecule has 0 aliphatic carbocycles. The number of amides is 1. The van der Waals surface area contributed by atoms with Gasteiger partial charge in [-0.15, -0.1) is 0 Å². The van der Waals surface area contributed by atoms with Gasteiger partial charge in [0.25, 0.3) is 6.43 Å². The predicted octanol–water partition coefficient (Wildman–Crippen LogP) is 5.18. The summed E-state index contributed by atoms with van der Waals surface area (Å²) in [6.45, 7) is -1.93. The highest BCUT2D eigenvalue weighted by Gasteiger charge is 2.23. The molecule has 11 heteroatoms. The van der Waals surface area contributed by atoms with Crippen molar-refractivity contribution in [2.45, 2.75) is 26.5 Å². The molecule has 0 bridgehead atoms. The number of aryl methyl sites for hydroxylation is 1. The van der Waals surface area contributed by atoms with Crippen LogP contribution in [0.5, 0.6) is 5.75 Å². The van der Waals surface area contributed by atoms with E-state index >= 15 is 0 Å². The van der Waals surface area contributed by atoms with Crippen molar-refractivity contribution in [1.29, 1.82) is 0 Å². The van der Waals surface area contributed by atoms with Gasteiger partial charge in [0.05, 0.1) is 23.0 Å². The zero-order valence-electron chi connectivity index (χ0n) is 16.6. The highest BCUT2D eigenvalue weighted by molar-refractivity contribution is 5.93. The summed E-state index contributed by atoms with van der Waals surface area (Å²) < 4.78 is 63.5. The highest BCUT2D eigenvalue weighted by atomic mass is 19.3. The zero-order valence-corrected chi connectivity index (χ0v) is 16.6. The Morgan fingerprint density at radius 1 is 1.19 bits per heavy atom. The molecule has 0 atom stereocenters. The third-order valence-corrected chi connectivity index (χ3v) is 4.59. The lowest BCUT2D eigenvalue weighted by molar-refractivity contribution is -0.116. The van der Waals surface area contributed by atoms with Gasteiger partial charge in [-0.1, -0.05) is 12.1 Å². The molecule has 3 aromatic heterocycles. The van der Waals surface area contributed by atoms with Gasteiger partial charge in [-0.05, 0) is 37.3 Å². The Kier molecular flexibility index (Phi) is 5.80. The van der Waals surface area contributed by atoms with E-state index in [2.05, 4.69) is 20.1 Å². The van der Waals surface area contributed by atoms with Crippen LogP contribution >= 0.6 is 0 Å². The van der Waals surface area contributed by atoms with E-state index in [1.54, 1.807) is 12.1 Å². The summed E-state index contributed by atoms with van der Waals surface area (Å²) in [6.07, 6.45) is -1.42. The predicted molar refractivity (Wildman–Crippen MR) is 107 cm³/mol. The van der Waals surface area contributed by atoms with Gasteiger partial charge in [-0.2, -0.15) is 13.9 Å². The van der Waals surface area contributed by atoms with E-state index < -0.39 is 25.5 Å². The van der Waals surface area contributed by atoms with Crippen molar-refractivity contribution in [3.05, 3.63) is 60.0 Å². The minimum Gasteiger partial charge on any atom is -0.463 e. The van der Waals surface area contributed by atoms with Crippen molar-refractivity contribution >= 4 is 22.6 Å². The minimum absolute atomic E-state index is 0.0310. The van der Waals surface area contributed by atoms with E-state index in [9.17, 15) is 22.4 Å². The first-order valence-corrected chi connectivity index (χ1v) is 9.37. The lowest BCUT2D eigenvalue weighted by Crippen LogP contribution is -2.20. The Labute approximate surface area is 178 Å². The van der Waals surface area contributed by atoms with Crippen molar-refractivity contribution in [3.8, 4) is 17.2 Å². The van der Waals surface area contributed by atoms with Gasteiger partial charge >= 0.3 is 6.61 Å². The summed E-state index contributed by atoms with van der Waals surface area (Å²) in [6, 6.07) is 10.1. The molecule has 7 nitrogen and oxygen atoms in total. The van der Waals surface area contributed by atoms with Crippen LogP contribution in [-0.4, -0.2) is 27.3 Å². The number of para-hydroxylation sites is 2. The van der Waals surface area contributed by atoms with E-state index in [4.69, 9.17) is 4.42 Å². The molecule has 0 fully saturated rings. The monoisotopic (exact) mass is 448 g/mol. The van der Waals surface area contributed by atoms with Gasteiger partial charge in [0, 0.05) is 5.56 Å². The summed E-state index contributed by atoms with van der Waals surface area (Å²) in [5.74, 6) is -0.569. The van der Waals surface area contributed by atoms with Crippen molar-refractivity contribution in [1.82, 2.24) is 14.8 Å². The van der Waals surface area contributed by atoms with Gasteiger partial charge < -0.3 is 14.5 Å². The van der Waals surface area contributed by atoms with Gasteiger partial charge in [0.15, 0.2) is 11.4 Å². The minimum atomic E-state index is -3.07. The first kappa shape index (κ1) is 21.3. The van der Waals surface area contributed by atoms with Crippen LogP contribution in [0.2, 0.25) is 0 Å². The van der Waals surface area contributed by atoms with Crippen molar-refractivity contribution in [3.63, 3.8) is 0 Å². The Morgan fingerprint density at radius 2 is 1.97 bits per heavy atom. The number of fused-ring (bicyclic) bond motifs is 1.